The first kappa shape index (κ1) is 20.4. The quantitative estimate of drug-likeness (QED) is 0.0982. The second kappa shape index (κ2) is 10.3. The third kappa shape index (κ3) is 8.85. The van der Waals surface area contributed by atoms with Gasteiger partial charge in [-0.15, -0.1) is 10.1 Å². The van der Waals surface area contributed by atoms with Crippen molar-refractivity contribution in [2.45, 2.75) is 12.8 Å². The Morgan fingerprint density at radius 3 is 2.46 bits per heavy atom. The highest BCUT2D eigenvalue weighted by atomic mass is 32.2. The molecule has 1 rings (SSSR count). The van der Waals surface area contributed by atoms with Gasteiger partial charge in [0.15, 0.2) is 0 Å². The molecule has 0 aromatic rings. The van der Waals surface area contributed by atoms with E-state index >= 15 is 0 Å². The Morgan fingerprint density at radius 1 is 1.17 bits per heavy atom. The summed E-state index contributed by atoms with van der Waals surface area (Å²) in [6, 6.07) is 0. The number of carbonyl (C=O) groups is 3. The molecular weight excluding hydrogens is 352 g/mol. The highest BCUT2D eigenvalue weighted by molar-refractivity contribution is 7.85. The van der Waals surface area contributed by atoms with E-state index in [4.69, 9.17) is 14.0 Å². The predicted molar refractivity (Wildman–Crippen MR) is 74.3 cm³/mol. The number of rotatable bonds is 12. The van der Waals surface area contributed by atoms with Gasteiger partial charge in [-0.1, -0.05) is 0 Å². The number of amides is 3. The molecule has 1 aliphatic heterocycles. The van der Waals surface area contributed by atoms with Gasteiger partial charge in [0.05, 0.1) is 12.4 Å². The molecule has 138 valence electrons. The van der Waals surface area contributed by atoms with Gasteiger partial charge in [-0.2, -0.15) is 8.42 Å². The van der Waals surface area contributed by atoms with Gasteiger partial charge in [0.1, 0.15) is 20.0 Å². The van der Waals surface area contributed by atoms with Crippen molar-refractivity contribution in [3.63, 3.8) is 0 Å². The minimum atomic E-state index is -4.12. The van der Waals surface area contributed by atoms with Crippen molar-refractivity contribution in [1.82, 2.24) is 10.4 Å². The van der Waals surface area contributed by atoms with Gasteiger partial charge in [0, 0.05) is 19.4 Å². The zero-order valence-corrected chi connectivity index (χ0v) is 13.5. The normalized spacial score (nSPS) is 15.1. The zero-order valence-electron chi connectivity index (χ0n) is 12.6. The van der Waals surface area contributed by atoms with E-state index in [1.54, 1.807) is 0 Å². The van der Waals surface area contributed by atoms with E-state index in [2.05, 4.69) is 15.2 Å². The minimum absolute atomic E-state index is 0.0145. The highest BCUT2D eigenvalue weighted by Gasteiger charge is 2.31. The molecule has 24 heavy (non-hydrogen) atoms. The molecule has 1 aliphatic rings. The lowest BCUT2D eigenvalue weighted by Gasteiger charge is -2.11. The van der Waals surface area contributed by atoms with Crippen LogP contribution in [-0.4, -0.2) is 74.7 Å². The number of nitrogens with zero attached hydrogens (tertiary/aromatic N) is 1. The third-order valence-corrected chi connectivity index (χ3v) is 3.25. The summed E-state index contributed by atoms with van der Waals surface area (Å²) < 4.78 is 39.0. The van der Waals surface area contributed by atoms with Crippen LogP contribution in [0.25, 0.3) is 0 Å². The molecule has 0 spiro atoms. The highest BCUT2D eigenvalue weighted by Crippen LogP contribution is 2.11. The first-order valence-corrected chi connectivity index (χ1v) is 8.43. The number of hydrogen-bond donors (Lipinski definition) is 2. The molecule has 1 fully saturated rings. The van der Waals surface area contributed by atoms with Crippen molar-refractivity contribution in [3.8, 4) is 0 Å². The molecule has 1 heterocycles. The molecule has 3 amide bonds. The van der Waals surface area contributed by atoms with E-state index in [0.717, 1.165) is 0 Å². The summed E-state index contributed by atoms with van der Waals surface area (Å²) in [5.41, 5.74) is 0. The van der Waals surface area contributed by atoms with E-state index in [-0.39, 0.29) is 46.0 Å². The van der Waals surface area contributed by atoms with Gasteiger partial charge in [0.25, 0.3) is 21.9 Å². The van der Waals surface area contributed by atoms with Crippen LogP contribution in [0, 0.1) is 0 Å². The summed E-state index contributed by atoms with van der Waals surface area (Å²) >= 11 is 0. The van der Waals surface area contributed by atoms with Gasteiger partial charge < -0.3 is 14.8 Å². The maximum atomic E-state index is 11.2. The van der Waals surface area contributed by atoms with Crippen molar-refractivity contribution in [1.29, 1.82) is 0 Å². The van der Waals surface area contributed by atoms with E-state index in [9.17, 15) is 22.8 Å². The zero-order chi connectivity index (χ0) is 18.0. The Balaban J connectivity index is 1.92. The predicted octanol–water partition coefficient (Wildman–Crippen LogP) is -2.01. The molecule has 0 bridgehead atoms. The summed E-state index contributed by atoms with van der Waals surface area (Å²) in [6.07, 6.45) is 0.164. The van der Waals surface area contributed by atoms with Crippen LogP contribution in [0.2, 0.25) is 0 Å². The van der Waals surface area contributed by atoms with Gasteiger partial charge >= 0.3 is 0 Å². The molecule has 0 aliphatic carbocycles. The fourth-order valence-corrected chi connectivity index (χ4v) is 1.80. The van der Waals surface area contributed by atoms with Crippen LogP contribution in [0.15, 0.2) is 0 Å². The maximum Gasteiger partial charge on any atom is 0.266 e. The van der Waals surface area contributed by atoms with Crippen molar-refractivity contribution in [2.24, 2.45) is 0 Å². The van der Waals surface area contributed by atoms with Crippen LogP contribution in [-0.2, 0) is 43.9 Å². The van der Waals surface area contributed by atoms with Crippen LogP contribution in [0.4, 0.5) is 0 Å². The molecule has 12 nitrogen and oxygen atoms in total. The molecule has 0 aromatic heterocycles. The first-order valence-electron chi connectivity index (χ1n) is 6.82. The van der Waals surface area contributed by atoms with Crippen molar-refractivity contribution < 1.29 is 46.7 Å². The van der Waals surface area contributed by atoms with Crippen LogP contribution in [0.1, 0.15) is 12.8 Å². The summed E-state index contributed by atoms with van der Waals surface area (Å²) in [4.78, 5) is 42.6. The lowest BCUT2D eigenvalue weighted by Crippen LogP contribution is -2.32. The largest absolute Gasteiger partial charge is 0.353 e. The van der Waals surface area contributed by atoms with Crippen LogP contribution < -0.4 is 5.32 Å². The Labute approximate surface area is 137 Å². The van der Waals surface area contributed by atoms with Gasteiger partial charge in [-0.25, -0.2) is 4.89 Å². The number of hydroxylamine groups is 2. The molecule has 2 N–H and O–H groups in total. The second-order valence-electron chi connectivity index (χ2n) is 4.49. The summed E-state index contributed by atoms with van der Waals surface area (Å²) in [6.45, 7) is -0.904. The van der Waals surface area contributed by atoms with E-state index in [1.165, 1.54) is 0 Å². The lowest BCUT2D eigenvalue weighted by atomic mass is 10.4. The maximum absolute atomic E-state index is 11.2. The Kier molecular flexibility index (Phi) is 8.73. The second-order valence-corrected chi connectivity index (χ2v) is 6.06. The van der Waals surface area contributed by atoms with E-state index in [0.29, 0.717) is 5.06 Å². The van der Waals surface area contributed by atoms with E-state index < -0.39 is 33.6 Å². The van der Waals surface area contributed by atoms with Crippen molar-refractivity contribution in [2.75, 3.05) is 38.9 Å². The average molecular weight is 370 g/mol. The molecule has 0 atom stereocenters. The number of imide groups is 1. The van der Waals surface area contributed by atoms with E-state index in [1.807, 2.05) is 0 Å². The van der Waals surface area contributed by atoms with Crippen LogP contribution in [0.3, 0.4) is 0 Å². The van der Waals surface area contributed by atoms with Crippen molar-refractivity contribution in [3.05, 3.63) is 0 Å². The SMILES string of the molecule is O=C(COCOCCOON1C(=O)CCC1=O)NCCS(=O)(=O)O. The third-order valence-electron chi connectivity index (χ3n) is 2.53. The molecule has 0 radical (unpaired) electrons. The molecule has 0 unspecified atom stereocenters. The number of hydrogen-bond acceptors (Lipinski definition) is 9. The van der Waals surface area contributed by atoms with Gasteiger partial charge in [-0.3, -0.25) is 18.9 Å². The number of carbonyl (C=O) groups excluding carboxylic acids is 3. The smallest absolute Gasteiger partial charge is 0.266 e. The topological polar surface area (TPSA) is 158 Å². The molecule has 1 saturated heterocycles. The average Bonchev–Trinajstić information content (AvgIpc) is 2.80. The monoisotopic (exact) mass is 370 g/mol. The summed E-state index contributed by atoms with van der Waals surface area (Å²) in [7, 11) is -4.12. The number of ether oxygens (including phenoxy) is 2. The fraction of sp³-hybridized carbons (Fsp3) is 0.727. The standard InChI is InChI=1S/C11H18N2O10S/c14-9(12-3-6-24(17,18)19)7-21-8-20-4-5-22-23-13-10(15)1-2-11(13)16/h1-8H2,(H,12,14)(H,17,18,19). The Hall–Kier alpha value is -1.64. The lowest BCUT2D eigenvalue weighted by molar-refractivity contribution is -0.396. The Bertz CT molecular complexity index is 533. The van der Waals surface area contributed by atoms with Crippen molar-refractivity contribution >= 4 is 27.8 Å². The molecular formula is C11H18N2O10S. The number of nitrogens with one attached hydrogen (secondary N) is 1. The fourth-order valence-electron chi connectivity index (χ4n) is 1.44. The van der Waals surface area contributed by atoms with Crippen LogP contribution in [0.5, 0.6) is 0 Å². The van der Waals surface area contributed by atoms with Crippen LogP contribution >= 0.6 is 0 Å². The molecule has 0 aromatic carbocycles. The minimum Gasteiger partial charge on any atom is -0.353 e. The summed E-state index contributed by atoms with van der Waals surface area (Å²) in [5, 5.41) is 2.75. The Morgan fingerprint density at radius 2 is 1.83 bits per heavy atom. The summed E-state index contributed by atoms with van der Waals surface area (Å²) in [5.74, 6) is -2.13. The molecule has 13 heteroatoms. The first-order chi connectivity index (χ1) is 11.3. The van der Waals surface area contributed by atoms with Gasteiger partial charge in [-0.05, 0) is 0 Å². The molecule has 0 saturated carbocycles. The van der Waals surface area contributed by atoms with Gasteiger partial charge in [0.2, 0.25) is 5.91 Å².